The predicted molar refractivity (Wildman–Crippen MR) is 110 cm³/mol. The van der Waals surface area contributed by atoms with Crippen LogP contribution in [-0.2, 0) is 29.0 Å². The molecule has 3 atom stereocenters. The lowest BCUT2D eigenvalue weighted by Gasteiger charge is -2.33. The van der Waals surface area contributed by atoms with Crippen molar-refractivity contribution in [2.24, 2.45) is 5.92 Å². The standard InChI is InChI=1S/C18H29N5O9S/c1-18(2,3)31-17(27)21-8-4-5-11(9-21)14(24)19-20-15(25)13-7-6-12-10-22(13)16(26)23(12)32-33(28,29)30/h11-13H,4-10H2,1-3H3,(H,19,24)(H,20,25)(H,28,29,30)/t11-,12+,13-/m0/s1. The van der Waals surface area contributed by atoms with Crippen LogP contribution in [-0.4, -0.2) is 89.1 Å². The maximum Gasteiger partial charge on any atom is 0.418 e. The monoisotopic (exact) mass is 491 g/mol. The normalized spacial score (nSPS) is 25.6. The first-order chi connectivity index (χ1) is 15.2. The summed E-state index contributed by atoms with van der Waals surface area (Å²) in [5.41, 5.74) is 3.99. The summed E-state index contributed by atoms with van der Waals surface area (Å²) in [6.45, 7) is 5.90. The summed E-state index contributed by atoms with van der Waals surface area (Å²) in [7, 11) is -4.89. The molecule has 2 bridgehead atoms. The number of nitrogens with one attached hydrogen (secondary N) is 2. The zero-order chi connectivity index (χ0) is 24.6. The summed E-state index contributed by atoms with van der Waals surface area (Å²) >= 11 is 0. The Morgan fingerprint density at radius 1 is 1.06 bits per heavy atom. The molecule has 3 rings (SSSR count). The minimum absolute atomic E-state index is 0.0356. The second-order valence-corrected chi connectivity index (χ2v) is 10.3. The van der Waals surface area contributed by atoms with Crippen molar-refractivity contribution in [3.05, 3.63) is 0 Å². The number of likely N-dealkylation sites (tertiary alicyclic amines) is 1. The number of carbonyl (C=O) groups is 4. The van der Waals surface area contributed by atoms with Crippen LogP contribution in [0.4, 0.5) is 9.59 Å². The molecule has 33 heavy (non-hydrogen) atoms. The molecule has 3 aliphatic rings. The number of piperidine rings is 2. The first kappa shape index (κ1) is 25.0. The number of hydroxylamine groups is 2. The SMILES string of the molecule is CC(C)(C)OC(=O)N1CCC[C@H](C(=O)NNC(=O)[C@@H]2CC[C@@H]3CN2C(=O)N3OS(=O)(=O)O)C1. The summed E-state index contributed by atoms with van der Waals surface area (Å²) in [5.74, 6) is -1.67. The van der Waals surface area contributed by atoms with Crippen LogP contribution in [0.15, 0.2) is 0 Å². The van der Waals surface area contributed by atoms with E-state index in [9.17, 15) is 27.6 Å². The van der Waals surface area contributed by atoms with E-state index in [4.69, 9.17) is 9.29 Å². The quantitative estimate of drug-likeness (QED) is 0.355. The average molecular weight is 492 g/mol. The molecular formula is C18H29N5O9S. The highest BCUT2D eigenvalue weighted by molar-refractivity contribution is 7.80. The number of carbonyl (C=O) groups excluding carboxylic acids is 4. The topological polar surface area (TPSA) is 175 Å². The first-order valence-electron chi connectivity index (χ1n) is 10.6. The fraction of sp³-hybridized carbons (Fsp3) is 0.778. The van der Waals surface area contributed by atoms with Crippen LogP contribution in [0.3, 0.4) is 0 Å². The maximum atomic E-state index is 12.6. The third-order valence-corrected chi connectivity index (χ3v) is 5.90. The van der Waals surface area contributed by atoms with E-state index in [1.54, 1.807) is 20.8 Å². The second kappa shape index (κ2) is 9.30. The van der Waals surface area contributed by atoms with Crippen molar-refractivity contribution >= 4 is 34.3 Å². The van der Waals surface area contributed by atoms with E-state index >= 15 is 0 Å². The summed E-state index contributed by atoms with van der Waals surface area (Å²) in [6, 6.07) is -2.45. The van der Waals surface area contributed by atoms with Crippen LogP contribution in [0.2, 0.25) is 0 Å². The number of nitrogens with zero attached hydrogens (tertiary/aromatic N) is 3. The zero-order valence-electron chi connectivity index (χ0n) is 18.6. The number of amides is 5. The molecule has 0 radical (unpaired) electrons. The van der Waals surface area contributed by atoms with Gasteiger partial charge in [0.15, 0.2) is 0 Å². The van der Waals surface area contributed by atoms with Gasteiger partial charge in [-0.1, -0.05) is 0 Å². The number of ether oxygens (including phenoxy) is 1. The van der Waals surface area contributed by atoms with Crippen LogP contribution >= 0.6 is 0 Å². The van der Waals surface area contributed by atoms with Crippen molar-refractivity contribution in [3.63, 3.8) is 0 Å². The molecule has 3 fully saturated rings. The molecular weight excluding hydrogens is 462 g/mol. The summed E-state index contributed by atoms with van der Waals surface area (Å²) < 4.78 is 40.4. The minimum atomic E-state index is -4.89. The molecule has 0 aromatic carbocycles. The van der Waals surface area contributed by atoms with E-state index in [1.807, 2.05) is 0 Å². The molecule has 15 heteroatoms. The minimum Gasteiger partial charge on any atom is -0.444 e. The van der Waals surface area contributed by atoms with E-state index in [0.29, 0.717) is 24.4 Å². The number of hydrogen-bond donors (Lipinski definition) is 3. The van der Waals surface area contributed by atoms with Crippen molar-refractivity contribution in [1.29, 1.82) is 0 Å². The van der Waals surface area contributed by atoms with Gasteiger partial charge in [0.1, 0.15) is 11.6 Å². The average Bonchev–Trinajstić information content (AvgIpc) is 2.94. The molecule has 0 saturated carbocycles. The van der Waals surface area contributed by atoms with E-state index in [-0.39, 0.29) is 25.9 Å². The van der Waals surface area contributed by atoms with Crippen LogP contribution in [0.1, 0.15) is 46.5 Å². The predicted octanol–water partition coefficient (Wildman–Crippen LogP) is -0.216. The molecule has 0 aliphatic carbocycles. The van der Waals surface area contributed by atoms with Gasteiger partial charge >= 0.3 is 22.5 Å². The highest BCUT2D eigenvalue weighted by Crippen LogP contribution is 2.30. The zero-order valence-corrected chi connectivity index (χ0v) is 19.5. The third-order valence-electron chi connectivity index (χ3n) is 5.55. The van der Waals surface area contributed by atoms with Gasteiger partial charge in [0.25, 0.3) is 5.91 Å². The van der Waals surface area contributed by atoms with Crippen molar-refractivity contribution in [2.45, 2.75) is 64.1 Å². The number of rotatable bonds is 4. The Balaban J connectivity index is 1.52. The molecule has 14 nitrogen and oxygen atoms in total. The Labute approximate surface area is 191 Å². The Morgan fingerprint density at radius 2 is 1.73 bits per heavy atom. The fourth-order valence-electron chi connectivity index (χ4n) is 4.10. The third kappa shape index (κ3) is 6.23. The van der Waals surface area contributed by atoms with Gasteiger partial charge < -0.3 is 14.5 Å². The van der Waals surface area contributed by atoms with Crippen molar-refractivity contribution < 1.29 is 41.2 Å². The molecule has 186 valence electrons. The second-order valence-electron chi connectivity index (χ2n) is 9.25. The molecule has 0 unspecified atom stereocenters. The number of fused-ring (bicyclic) bond motifs is 2. The van der Waals surface area contributed by atoms with Gasteiger partial charge in [0.2, 0.25) is 5.91 Å². The lowest BCUT2D eigenvalue weighted by molar-refractivity contribution is -0.134. The lowest BCUT2D eigenvalue weighted by Crippen LogP contribution is -2.56. The molecule has 3 saturated heterocycles. The van der Waals surface area contributed by atoms with Crippen LogP contribution in [0, 0.1) is 5.92 Å². The Morgan fingerprint density at radius 3 is 2.36 bits per heavy atom. The maximum absolute atomic E-state index is 12.6. The number of hydrogen-bond acceptors (Lipinski definition) is 8. The summed E-state index contributed by atoms with van der Waals surface area (Å²) in [6.07, 6.45) is 1.08. The van der Waals surface area contributed by atoms with Gasteiger partial charge in [-0.05, 0) is 46.5 Å². The molecule has 3 N–H and O–H groups in total. The van der Waals surface area contributed by atoms with E-state index in [2.05, 4.69) is 15.1 Å². The summed E-state index contributed by atoms with van der Waals surface area (Å²) in [5, 5.41) is 0.536. The van der Waals surface area contributed by atoms with Gasteiger partial charge in [-0.15, -0.1) is 4.28 Å². The lowest BCUT2D eigenvalue weighted by atomic mass is 9.97. The highest BCUT2D eigenvalue weighted by atomic mass is 32.3. The van der Waals surface area contributed by atoms with Crippen molar-refractivity contribution in [2.75, 3.05) is 19.6 Å². The molecule has 0 spiro atoms. The Kier molecular flexibility index (Phi) is 7.04. The van der Waals surface area contributed by atoms with Crippen molar-refractivity contribution in [1.82, 2.24) is 25.7 Å². The van der Waals surface area contributed by atoms with Gasteiger partial charge in [-0.2, -0.15) is 13.5 Å². The van der Waals surface area contributed by atoms with E-state index in [1.165, 1.54) is 4.90 Å². The van der Waals surface area contributed by atoms with Gasteiger partial charge in [-0.25, -0.2) is 9.59 Å². The fourth-order valence-corrected chi connectivity index (χ4v) is 4.48. The number of urea groups is 1. The van der Waals surface area contributed by atoms with Crippen LogP contribution in [0.5, 0.6) is 0 Å². The summed E-state index contributed by atoms with van der Waals surface area (Å²) in [4.78, 5) is 52.4. The van der Waals surface area contributed by atoms with E-state index < -0.39 is 57.9 Å². The van der Waals surface area contributed by atoms with Gasteiger partial charge in [0.05, 0.1) is 12.0 Å². The van der Waals surface area contributed by atoms with Gasteiger partial charge in [0, 0.05) is 19.6 Å². The van der Waals surface area contributed by atoms with E-state index in [0.717, 1.165) is 4.90 Å². The van der Waals surface area contributed by atoms with Crippen LogP contribution < -0.4 is 10.9 Å². The molecule has 3 heterocycles. The Bertz CT molecular complexity index is 919. The van der Waals surface area contributed by atoms with Gasteiger partial charge in [-0.3, -0.25) is 25.0 Å². The number of hydrazine groups is 1. The molecule has 0 aromatic heterocycles. The van der Waals surface area contributed by atoms with Crippen LogP contribution in [0.25, 0.3) is 0 Å². The smallest absolute Gasteiger partial charge is 0.418 e. The van der Waals surface area contributed by atoms with Crippen molar-refractivity contribution in [3.8, 4) is 0 Å². The molecule has 0 aromatic rings. The first-order valence-corrected chi connectivity index (χ1v) is 12.0. The Hall–Kier alpha value is -2.65. The highest BCUT2D eigenvalue weighted by Gasteiger charge is 2.49. The molecule has 3 aliphatic heterocycles. The largest absolute Gasteiger partial charge is 0.444 e. The molecule has 5 amide bonds.